The molecule has 0 saturated heterocycles. The summed E-state index contributed by atoms with van der Waals surface area (Å²) in [5.74, 6) is -0.589. The molecule has 7 heteroatoms. The molecule has 0 aliphatic heterocycles. The lowest BCUT2D eigenvalue weighted by Gasteiger charge is -2.04. The van der Waals surface area contributed by atoms with Crippen molar-refractivity contribution in [3.8, 4) is 0 Å². The molecule has 0 saturated carbocycles. The predicted molar refractivity (Wildman–Crippen MR) is 140 cm³/mol. The number of hydrogen-bond donors (Lipinski definition) is 1. The summed E-state index contributed by atoms with van der Waals surface area (Å²) < 4.78 is 19.9. The standard InChI is InChI=1S/C15H22O3.C14H20O4/c1-3-11-18-12-5-4-6-13-7-9-14(10-8-13)15(16)17-2;1-17-14(16)13-7-5-12(6-8-13)4-2-3-10-18-11-9-15/h7-10H,3-6,11-12H2,1-2H3;5-8,15H,2-4,9-11H2,1H3. The quantitative estimate of drug-likeness (QED) is 0.254. The van der Waals surface area contributed by atoms with Gasteiger partial charge in [0, 0.05) is 19.8 Å². The summed E-state index contributed by atoms with van der Waals surface area (Å²) in [5.41, 5.74) is 3.63. The van der Waals surface area contributed by atoms with Crippen LogP contribution in [0, 0.1) is 0 Å². The molecule has 0 aliphatic rings. The van der Waals surface area contributed by atoms with E-state index in [1.165, 1.54) is 25.3 Å². The Kier molecular flexibility index (Phi) is 17.8. The fourth-order valence-electron chi connectivity index (χ4n) is 3.33. The average Bonchev–Trinajstić information content (AvgIpc) is 2.92. The van der Waals surface area contributed by atoms with Crippen LogP contribution < -0.4 is 0 Å². The van der Waals surface area contributed by atoms with Crippen LogP contribution in [0.25, 0.3) is 0 Å². The molecule has 200 valence electrons. The number of ether oxygens (including phenoxy) is 4. The van der Waals surface area contributed by atoms with Gasteiger partial charge in [-0.15, -0.1) is 0 Å². The van der Waals surface area contributed by atoms with Crippen molar-refractivity contribution in [1.82, 2.24) is 0 Å². The molecule has 1 N–H and O–H groups in total. The number of aryl methyl sites for hydroxylation is 2. The van der Waals surface area contributed by atoms with Gasteiger partial charge in [-0.25, -0.2) is 9.59 Å². The van der Waals surface area contributed by atoms with Gasteiger partial charge in [0.25, 0.3) is 0 Å². The smallest absolute Gasteiger partial charge is 0.337 e. The first-order valence-electron chi connectivity index (χ1n) is 12.7. The Labute approximate surface area is 215 Å². The number of aliphatic hydroxyl groups excluding tert-OH is 1. The van der Waals surface area contributed by atoms with Crippen molar-refractivity contribution >= 4 is 11.9 Å². The van der Waals surface area contributed by atoms with E-state index in [1.54, 1.807) is 12.1 Å². The van der Waals surface area contributed by atoms with Crippen LogP contribution >= 0.6 is 0 Å². The summed E-state index contributed by atoms with van der Waals surface area (Å²) in [6, 6.07) is 15.1. The van der Waals surface area contributed by atoms with E-state index in [4.69, 9.17) is 14.6 Å². The number of esters is 2. The Balaban J connectivity index is 0.000000360. The van der Waals surface area contributed by atoms with Gasteiger partial charge in [0.1, 0.15) is 0 Å². The number of methoxy groups -OCH3 is 2. The maximum Gasteiger partial charge on any atom is 0.337 e. The molecule has 0 spiro atoms. The molecule has 36 heavy (non-hydrogen) atoms. The first-order chi connectivity index (χ1) is 17.5. The molecule has 0 unspecified atom stereocenters. The Morgan fingerprint density at radius 3 is 1.42 bits per heavy atom. The minimum atomic E-state index is -0.307. The van der Waals surface area contributed by atoms with Crippen molar-refractivity contribution in [3.05, 3.63) is 70.8 Å². The maximum atomic E-state index is 11.2. The van der Waals surface area contributed by atoms with Crippen LogP contribution in [-0.4, -0.2) is 64.3 Å². The van der Waals surface area contributed by atoms with Gasteiger partial charge in [0.2, 0.25) is 0 Å². The lowest BCUT2D eigenvalue weighted by molar-refractivity contribution is 0.0592. The van der Waals surface area contributed by atoms with Crippen LogP contribution in [0.15, 0.2) is 48.5 Å². The largest absolute Gasteiger partial charge is 0.465 e. The number of benzene rings is 2. The highest BCUT2D eigenvalue weighted by molar-refractivity contribution is 5.89. The Morgan fingerprint density at radius 1 is 0.639 bits per heavy atom. The molecule has 0 heterocycles. The third kappa shape index (κ3) is 14.0. The number of hydrogen-bond acceptors (Lipinski definition) is 7. The van der Waals surface area contributed by atoms with Crippen molar-refractivity contribution in [3.63, 3.8) is 0 Å². The zero-order chi connectivity index (χ0) is 26.4. The van der Waals surface area contributed by atoms with E-state index in [9.17, 15) is 9.59 Å². The van der Waals surface area contributed by atoms with Crippen molar-refractivity contribution in [2.45, 2.75) is 51.9 Å². The van der Waals surface area contributed by atoms with Crippen LogP contribution in [0.2, 0.25) is 0 Å². The SMILES string of the molecule is CCCOCCCCc1ccc(C(=O)OC)cc1.COC(=O)c1ccc(CCCCOCCO)cc1. The van der Waals surface area contributed by atoms with Crippen molar-refractivity contribution in [2.24, 2.45) is 0 Å². The summed E-state index contributed by atoms with van der Waals surface area (Å²) in [7, 11) is 2.77. The Hall–Kier alpha value is -2.74. The number of carbonyl (C=O) groups is 2. The summed E-state index contributed by atoms with van der Waals surface area (Å²) in [6.07, 6.45) is 7.26. The minimum absolute atomic E-state index is 0.0784. The van der Waals surface area contributed by atoms with E-state index in [2.05, 4.69) is 16.4 Å². The minimum Gasteiger partial charge on any atom is -0.465 e. The normalized spacial score (nSPS) is 10.3. The lowest BCUT2D eigenvalue weighted by atomic mass is 10.1. The van der Waals surface area contributed by atoms with Gasteiger partial charge >= 0.3 is 11.9 Å². The van der Waals surface area contributed by atoms with E-state index in [-0.39, 0.29) is 18.5 Å². The number of carbonyl (C=O) groups excluding carboxylic acids is 2. The molecule has 2 aromatic rings. The van der Waals surface area contributed by atoms with Crippen LogP contribution in [-0.2, 0) is 31.8 Å². The van der Waals surface area contributed by atoms with Gasteiger partial charge in [-0.05, 0) is 80.3 Å². The summed E-state index contributed by atoms with van der Waals surface area (Å²) >= 11 is 0. The molecule has 0 bridgehead atoms. The first kappa shape index (κ1) is 31.3. The van der Waals surface area contributed by atoms with E-state index < -0.39 is 0 Å². The third-order valence-corrected chi connectivity index (χ3v) is 5.34. The molecule has 0 atom stereocenters. The molecule has 2 rings (SSSR count). The number of aliphatic hydroxyl groups is 1. The second-order valence-electron chi connectivity index (χ2n) is 8.24. The first-order valence-corrected chi connectivity index (χ1v) is 12.7. The molecule has 0 aromatic heterocycles. The molecule has 0 radical (unpaired) electrons. The third-order valence-electron chi connectivity index (χ3n) is 5.34. The highest BCUT2D eigenvalue weighted by Crippen LogP contribution is 2.10. The van der Waals surface area contributed by atoms with Gasteiger partial charge in [0.15, 0.2) is 0 Å². The number of unbranched alkanes of at least 4 members (excludes halogenated alkanes) is 2. The fraction of sp³-hybridized carbons (Fsp3) is 0.517. The van der Waals surface area contributed by atoms with Crippen molar-refractivity contribution in [1.29, 1.82) is 0 Å². The number of rotatable bonds is 16. The summed E-state index contributed by atoms with van der Waals surface area (Å²) in [5, 5.41) is 8.53. The van der Waals surface area contributed by atoms with E-state index in [0.29, 0.717) is 24.3 Å². The highest BCUT2D eigenvalue weighted by Gasteiger charge is 2.05. The Bertz CT molecular complexity index is 760. The summed E-state index contributed by atoms with van der Waals surface area (Å²) in [4.78, 5) is 22.5. The maximum absolute atomic E-state index is 11.2. The lowest BCUT2D eigenvalue weighted by Crippen LogP contribution is -2.02. The van der Waals surface area contributed by atoms with E-state index >= 15 is 0 Å². The van der Waals surface area contributed by atoms with Crippen molar-refractivity contribution < 1.29 is 33.6 Å². The molecular formula is C29H42O7. The van der Waals surface area contributed by atoms with Gasteiger partial charge < -0.3 is 24.1 Å². The zero-order valence-electron chi connectivity index (χ0n) is 22.0. The molecule has 7 nitrogen and oxygen atoms in total. The van der Waals surface area contributed by atoms with Crippen LogP contribution in [0.3, 0.4) is 0 Å². The molecular weight excluding hydrogens is 460 g/mol. The summed E-state index contributed by atoms with van der Waals surface area (Å²) in [6.45, 7) is 4.98. The van der Waals surface area contributed by atoms with Crippen LogP contribution in [0.5, 0.6) is 0 Å². The van der Waals surface area contributed by atoms with Crippen LogP contribution in [0.4, 0.5) is 0 Å². The van der Waals surface area contributed by atoms with Gasteiger partial charge in [-0.3, -0.25) is 0 Å². The molecule has 0 aliphatic carbocycles. The molecule has 2 aromatic carbocycles. The van der Waals surface area contributed by atoms with Gasteiger partial charge in [-0.1, -0.05) is 31.2 Å². The van der Waals surface area contributed by atoms with Gasteiger partial charge in [-0.2, -0.15) is 0 Å². The second-order valence-corrected chi connectivity index (χ2v) is 8.24. The average molecular weight is 503 g/mol. The topological polar surface area (TPSA) is 91.3 Å². The van der Waals surface area contributed by atoms with Crippen LogP contribution in [0.1, 0.15) is 70.9 Å². The van der Waals surface area contributed by atoms with E-state index in [0.717, 1.165) is 58.2 Å². The zero-order valence-corrected chi connectivity index (χ0v) is 22.0. The highest BCUT2D eigenvalue weighted by atomic mass is 16.5. The predicted octanol–water partition coefficient (Wildman–Crippen LogP) is 5.03. The molecule has 0 fully saturated rings. The fourth-order valence-corrected chi connectivity index (χ4v) is 3.33. The van der Waals surface area contributed by atoms with Crippen molar-refractivity contribution in [2.75, 3.05) is 47.3 Å². The van der Waals surface area contributed by atoms with Gasteiger partial charge in [0.05, 0.1) is 38.6 Å². The monoisotopic (exact) mass is 502 g/mol. The Morgan fingerprint density at radius 2 is 1.06 bits per heavy atom. The molecule has 0 amide bonds. The van der Waals surface area contributed by atoms with E-state index in [1.807, 2.05) is 36.4 Å². The second kappa shape index (κ2) is 20.5.